The molecule has 4 atom stereocenters. The minimum Gasteiger partial charge on any atom is -0.357 e. The maximum atomic E-state index is 14.7. The minimum atomic E-state index is -4.01. The Hall–Kier alpha value is -3.51. The van der Waals surface area contributed by atoms with Gasteiger partial charge in [-0.3, -0.25) is 14.6 Å². The number of carbonyl (C=O) groups is 1. The zero-order valence-electron chi connectivity index (χ0n) is 24.7. The molecule has 2 N–H and O–H groups in total. The number of ether oxygens (including phenoxy) is 1. The highest BCUT2D eigenvalue weighted by molar-refractivity contribution is 7.94. The highest BCUT2D eigenvalue weighted by Crippen LogP contribution is 2.55. The number of halogens is 3. The maximum absolute atomic E-state index is 14.7. The Balaban J connectivity index is 1.31. The van der Waals surface area contributed by atoms with Crippen molar-refractivity contribution in [2.75, 3.05) is 4.72 Å². The summed E-state index contributed by atoms with van der Waals surface area (Å²) in [5.74, 6) is -0.330. The van der Waals surface area contributed by atoms with Gasteiger partial charge in [0.25, 0.3) is 5.91 Å². The van der Waals surface area contributed by atoms with E-state index in [1.807, 2.05) is 35.2 Å². The fraction of sp³-hybridized carbons (Fsp3) is 0.364. The zero-order valence-corrected chi connectivity index (χ0v) is 27.0. The van der Waals surface area contributed by atoms with Crippen LogP contribution in [0.5, 0.6) is 0 Å². The number of hydrogen-bond acceptors (Lipinski definition) is 6. The third-order valence-corrected chi connectivity index (χ3v) is 12.0. The second-order valence-corrected chi connectivity index (χ2v) is 15.3. The van der Waals surface area contributed by atoms with Crippen molar-refractivity contribution in [2.45, 2.75) is 67.6 Å². The molecule has 3 aromatic carbocycles. The average Bonchev–Trinajstić information content (AvgIpc) is 3.97. The van der Waals surface area contributed by atoms with Crippen LogP contribution in [0.25, 0.3) is 0 Å². The Kier molecular flexibility index (Phi) is 8.29. The van der Waals surface area contributed by atoms with Crippen molar-refractivity contribution in [3.05, 3.63) is 112 Å². The summed E-state index contributed by atoms with van der Waals surface area (Å²) in [4.78, 5) is 20.8. The number of aromatic amines is 1. The lowest BCUT2D eigenvalue weighted by molar-refractivity contribution is -0.180. The predicted molar refractivity (Wildman–Crippen MR) is 172 cm³/mol. The number of carbonyl (C=O) groups excluding carboxylic acids is 1. The van der Waals surface area contributed by atoms with Gasteiger partial charge in [0.15, 0.2) is 0 Å². The number of rotatable bonds is 11. The van der Waals surface area contributed by atoms with E-state index in [1.165, 1.54) is 24.5 Å². The summed E-state index contributed by atoms with van der Waals surface area (Å²) in [7, 11) is -4.01. The first-order chi connectivity index (χ1) is 22.1. The first-order valence-corrected chi connectivity index (χ1v) is 17.5. The number of hydrogen-bond donors (Lipinski definition) is 2. The van der Waals surface area contributed by atoms with E-state index in [0.717, 1.165) is 24.0 Å². The van der Waals surface area contributed by atoms with E-state index >= 15 is 0 Å². The van der Waals surface area contributed by atoms with Crippen LogP contribution in [0.3, 0.4) is 0 Å². The fourth-order valence-electron chi connectivity index (χ4n) is 6.58. The van der Waals surface area contributed by atoms with Gasteiger partial charge in [-0.05, 0) is 85.5 Å². The summed E-state index contributed by atoms with van der Waals surface area (Å²) >= 11 is 12.8. The zero-order chi connectivity index (χ0) is 32.1. The SMILES string of the molecule is O=C1[C@@H](Cc2ncn[nH]2)O[C@H](c2cccc(Cl)c2)[C@@H](c2ccc(Cl)cc2)N1[C@@H](CC1(S(=O)(=O)Nc2ccccc2F)CC1)C1CC1. The number of nitrogens with zero attached hydrogens (tertiary/aromatic N) is 3. The first kappa shape index (κ1) is 31.1. The van der Waals surface area contributed by atoms with Crippen LogP contribution in [0, 0.1) is 11.7 Å². The molecule has 1 aromatic heterocycles. The minimum absolute atomic E-state index is 0.0870. The van der Waals surface area contributed by atoms with Crippen LogP contribution in [0.15, 0.2) is 79.1 Å². The molecule has 3 fully saturated rings. The molecule has 7 rings (SSSR count). The second-order valence-electron chi connectivity index (χ2n) is 12.4. The van der Waals surface area contributed by atoms with Gasteiger partial charge in [0.1, 0.15) is 30.2 Å². The van der Waals surface area contributed by atoms with Gasteiger partial charge >= 0.3 is 0 Å². The van der Waals surface area contributed by atoms with E-state index in [9.17, 15) is 17.6 Å². The highest BCUT2D eigenvalue weighted by atomic mass is 35.5. The van der Waals surface area contributed by atoms with Crippen LogP contribution < -0.4 is 4.72 Å². The van der Waals surface area contributed by atoms with Crippen LogP contribution in [-0.2, 0) is 26.0 Å². The summed E-state index contributed by atoms with van der Waals surface area (Å²) in [6, 6.07) is 19.3. The Bertz CT molecular complexity index is 1830. The molecule has 2 heterocycles. The van der Waals surface area contributed by atoms with Crippen LogP contribution in [0.2, 0.25) is 10.0 Å². The molecule has 0 unspecified atom stereocenters. The molecule has 2 aliphatic carbocycles. The largest absolute Gasteiger partial charge is 0.357 e. The molecule has 3 aliphatic rings. The summed E-state index contributed by atoms with van der Waals surface area (Å²) in [6.45, 7) is 0. The van der Waals surface area contributed by atoms with Gasteiger partial charge < -0.3 is 9.64 Å². The molecule has 13 heteroatoms. The number of nitrogens with one attached hydrogen (secondary N) is 2. The molecule has 0 radical (unpaired) electrons. The van der Waals surface area contributed by atoms with Crippen molar-refractivity contribution in [2.24, 2.45) is 5.92 Å². The van der Waals surface area contributed by atoms with Gasteiger partial charge in [0.05, 0.1) is 16.5 Å². The Morgan fingerprint density at radius 2 is 1.78 bits per heavy atom. The van der Waals surface area contributed by atoms with Gasteiger partial charge in [-0.25, -0.2) is 17.8 Å². The quantitative estimate of drug-likeness (QED) is 0.183. The van der Waals surface area contributed by atoms with E-state index in [-0.39, 0.29) is 30.4 Å². The lowest BCUT2D eigenvalue weighted by atomic mass is 9.88. The summed E-state index contributed by atoms with van der Waals surface area (Å²) in [5.41, 5.74) is 1.48. The topological polar surface area (TPSA) is 117 Å². The van der Waals surface area contributed by atoms with Crippen molar-refractivity contribution < 1.29 is 22.3 Å². The van der Waals surface area contributed by atoms with Crippen LogP contribution in [-0.4, -0.2) is 51.3 Å². The second kappa shape index (κ2) is 12.3. The standard InChI is InChI=1S/C33H32Cl2FN5O4S/c34-23-12-10-21(11-13-23)30-31(22-4-3-5-24(35)16-22)45-28(17-29-37-19-38-39-29)32(42)41(30)27(20-8-9-20)18-33(14-15-33)46(43,44)40-26-7-2-1-6-25(26)36/h1-7,10-13,16,19-20,27-28,30-31,40H,8-9,14-15,17-18H2,(H,37,38,39)/t27-,28+,30+,31+/m0/s1. The van der Waals surface area contributed by atoms with Crippen molar-refractivity contribution in [1.82, 2.24) is 20.1 Å². The van der Waals surface area contributed by atoms with Crippen molar-refractivity contribution in [3.63, 3.8) is 0 Å². The van der Waals surface area contributed by atoms with Gasteiger partial charge in [0, 0.05) is 22.5 Å². The molecule has 0 spiro atoms. The third-order valence-electron chi connectivity index (χ3n) is 9.26. The molecule has 240 valence electrons. The Labute approximate surface area is 276 Å². The third kappa shape index (κ3) is 6.13. The molecule has 1 saturated heterocycles. The summed E-state index contributed by atoms with van der Waals surface area (Å²) < 4.78 is 50.4. The molecular weight excluding hydrogens is 652 g/mol. The number of anilines is 1. The lowest BCUT2D eigenvalue weighted by Gasteiger charge is -2.49. The number of amides is 1. The maximum Gasteiger partial charge on any atom is 0.253 e. The predicted octanol–water partition coefficient (Wildman–Crippen LogP) is 6.65. The van der Waals surface area contributed by atoms with Gasteiger partial charge in [0.2, 0.25) is 10.0 Å². The number of aromatic nitrogens is 3. The summed E-state index contributed by atoms with van der Waals surface area (Å²) in [5, 5.41) is 7.83. The van der Waals surface area contributed by atoms with Crippen molar-refractivity contribution in [3.8, 4) is 0 Å². The van der Waals surface area contributed by atoms with Gasteiger partial charge in [-0.15, -0.1) is 0 Å². The van der Waals surface area contributed by atoms with E-state index in [1.54, 1.807) is 24.3 Å². The number of para-hydroxylation sites is 1. The number of H-pyrrole nitrogens is 1. The van der Waals surface area contributed by atoms with E-state index in [0.29, 0.717) is 28.7 Å². The molecular formula is C33H32Cl2FN5O4S. The highest BCUT2D eigenvalue weighted by Gasteiger charge is 2.60. The lowest BCUT2D eigenvalue weighted by Crippen LogP contribution is -2.57. The number of sulfonamides is 1. The molecule has 4 aromatic rings. The van der Waals surface area contributed by atoms with E-state index in [4.69, 9.17) is 27.9 Å². The number of morpholine rings is 1. The molecule has 9 nitrogen and oxygen atoms in total. The van der Waals surface area contributed by atoms with Crippen LogP contribution in [0.4, 0.5) is 10.1 Å². The van der Waals surface area contributed by atoms with Gasteiger partial charge in [-0.2, -0.15) is 5.10 Å². The fourth-order valence-corrected chi connectivity index (χ4v) is 8.61. The van der Waals surface area contributed by atoms with E-state index < -0.39 is 44.9 Å². The van der Waals surface area contributed by atoms with Crippen LogP contribution >= 0.6 is 23.2 Å². The first-order valence-electron chi connectivity index (χ1n) is 15.2. The Morgan fingerprint density at radius 3 is 2.43 bits per heavy atom. The van der Waals surface area contributed by atoms with Crippen LogP contribution in [0.1, 0.15) is 61.2 Å². The normalized spacial score (nSPS) is 23.2. The molecule has 46 heavy (non-hydrogen) atoms. The smallest absolute Gasteiger partial charge is 0.253 e. The molecule has 1 amide bonds. The summed E-state index contributed by atoms with van der Waals surface area (Å²) in [6.07, 6.45) is 2.68. The number of benzene rings is 3. The van der Waals surface area contributed by atoms with Crippen molar-refractivity contribution in [1.29, 1.82) is 0 Å². The monoisotopic (exact) mass is 683 g/mol. The molecule has 0 bridgehead atoms. The molecule has 1 aliphatic heterocycles. The van der Waals surface area contributed by atoms with Crippen molar-refractivity contribution >= 4 is 44.8 Å². The molecule has 2 saturated carbocycles. The van der Waals surface area contributed by atoms with Gasteiger partial charge in [-0.1, -0.05) is 59.6 Å². The van der Waals surface area contributed by atoms with E-state index in [2.05, 4.69) is 19.9 Å². The average molecular weight is 685 g/mol. The Morgan fingerprint density at radius 1 is 1.02 bits per heavy atom.